The number of amides is 1. The van der Waals surface area contributed by atoms with Crippen molar-refractivity contribution >= 4 is 23.0 Å². The lowest BCUT2D eigenvalue weighted by Gasteiger charge is -2.13. The zero-order valence-corrected chi connectivity index (χ0v) is 22.6. The second kappa shape index (κ2) is 13.5. The summed E-state index contributed by atoms with van der Waals surface area (Å²) in [5, 5.41) is 3.06. The van der Waals surface area contributed by atoms with Gasteiger partial charge >= 0.3 is 0 Å². The minimum absolute atomic E-state index is 0.0547. The van der Waals surface area contributed by atoms with Crippen molar-refractivity contribution in [3.63, 3.8) is 0 Å². The highest BCUT2D eigenvalue weighted by atomic mass is 16.5. The molecule has 1 heterocycles. The average molecular weight is 512 g/mol. The first-order valence-electron chi connectivity index (χ1n) is 13.3. The number of carbonyl (C=O) groups is 1. The number of nitrogens with zero attached hydrogens (tertiary/aromatic N) is 2. The quantitative estimate of drug-likeness (QED) is 0.219. The van der Waals surface area contributed by atoms with Gasteiger partial charge in [-0.2, -0.15) is 0 Å². The molecule has 0 aliphatic carbocycles. The van der Waals surface area contributed by atoms with Gasteiger partial charge in [0, 0.05) is 19.5 Å². The summed E-state index contributed by atoms with van der Waals surface area (Å²) in [6.45, 7) is 6.03. The number of hydrogen-bond donors (Lipinski definition) is 1. The van der Waals surface area contributed by atoms with E-state index in [-0.39, 0.29) is 5.91 Å². The Bertz CT molecular complexity index is 1390. The zero-order chi connectivity index (χ0) is 26.7. The summed E-state index contributed by atoms with van der Waals surface area (Å²) in [5.41, 5.74) is 5.41. The molecule has 0 saturated heterocycles. The summed E-state index contributed by atoms with van der Waals surface area (Å²) in [6.07, 6.45) is 6.90. The maximum absolute atomic E-state index is 12.4. The SMILES string of the molecule is C/C=C/c1ccc(OCCCn2c(CCCNC(=O)Cc3ccccc3C)nc3ccccc32)c(OC)c1. The van der Waals surface area contributed by atoms with Crippen molar-refractivity contribution in [3.05, 3.63) is 95.3 Å². The lowest BCUT2D eigenvalue weighted by atomic mass is 10.1. The van der Waals surface area contributed by atoms with Gasteiger partial charge < -0.3 is 19.4 Å². The van der Waals surface area contributed by atoms with E-state index in [4.69, 9.17) is 14.5 Å². The number of ether oxygens (including phenoxy) is 2. The monoisotopic (exact) mass is 511 g/mol. The van der Waals surface area contributed by atoms with Crippen LogP contribution >= 0.6 is 0 Å². The van der Waals surface area contributed by atoms with E-state index in [9.17, 15) is 4.79 Å². The molecule has 1 N–H and O–H groups in total. The van der Waals surface area contributed by atoms with Crippen LogP contribution < -0.4 is 14.8 Å². The molecule has 6 heteroatoms. The predicted molar refractivity (Wildman–Crippen MR) is 154 cm³/mol. The zero-order valence-electron chi connectivity index (χ0n) is 22.6. The van der Waals surface area contributed by atoms with E-state index < -0.39 is 0 Å². The van der Waals surface area contributed by atoms with Crippen LogP contribution in [-0.2, 0) is 24.2 Å². The molecule has 0 bridgehead atoms. The Morgan fingerprint density at radius 3 is 2.66 bits per heavy atom. The Morgan fingerprint density at radius 2 is 1.84 bits per heavy atom. The van der Waals surface area contributed by atoms with Crippen LogP contribution in [0.3, 0.4) is 0 Å². The predicted octanol–water partition coefficient (Wildman–Crippen LogP) is 6.15. The minimum atomic E-state index is 0.0547. The van der Waals surface area contributed by atoms with Crippen LogP contribution in [0.4, 0.5) is 0 Å². The molecule has 4 aromatic rings. The number of aryl methyl sites for hydroxylation is 3. The van der Waals surface area contributed by atoms with Crippen molar-refractivity contribution in [2.75, 3.05) is 20.3 Å². The molecule has 0 aliphatic rings. The van der Waals surface area contributed by atoms with Gasteiger partial charge in [-0.15, -0.1) is 0 Å². The molecule has 0 unspecified atom stereocenters. The van der Waals surface area contributed by atoms with Gasteiger partial charge in [-0.05, 0) is 67.6 Å². The highest BCUT2D eigenvalue weighted by Gasteiger charge is 2.12. The number of fused-ring (bicyclic) bond motifs is 1. The summed E-state index contributed by atoms with van der Waals surface area (Å²) < 4.78 is 13.9. The third-order valence-electron chi connectivity index (χ3n) is 6.58. The second-order valence-corrected chi connectivity index (χ2v) is 9.34. The maximum Gasteiger partial charge on any atom is 0.224 e. The molecule has 6 nitrogen and oxygen atoms in total. The molecule has 3 aromatic carbocycles. The molecule has 0 aliphatic heterocycles. The normalized spacial score (nSPS) is 11.2. The first kappa shape index (κ1) is 27.0. The van der Waals surface area contributed by atoms with Crippen LogP contribution in [0.5, 0.6) is 11.5 Å². The van der Waals surface area contributed by atoms with Crippen LogP contribution in [-0.4, -0.2) is 35.7 Å². The van der Waals surface area contributed by atoms with Crippen LogP contribution in [0.1, 0.15) is 42.3 Å². The van der Waals surface area contributed by atoms with Gasteiger partial charge in [-0.1, -0.05) is 54.6 Å². The number of nitrogens with one attached hydrogen (secondary N) is 1. The molecular formula is C32H37N3O3. The van der Waals surface area contributed by atoms with E-state index >= 15 is 0 Å². The van der Waals surface area contributed by atoms with Gasteiger partial charge in [0.1, 0.15) is 5.82 Å². The van der Waals surface area contributed by atoms with Gasteiger partial charge in [0.15, 0.2) is 11.5 Å². The molecule has 0 fully saturated rings. The van der Waals surface area contributed by atoms with Crippen LogP contribution in [0.15, 0.2) is 72.8 Å². The number of rotatable bonds is 13. The molecule has 0 atom stereocenters. The number of hydrogen-bond acceptors (Lipinski definition) is 4. The number of allylic oxidation sites excluding steroid dienone is 1. The van der Waals surface area contributed by atoms with Crippen molar-refractivity contribution in [3.8, 4) is 11.5 Å². The van der Waals surface area contributed by atoms with Crippen molar-refractivity contribution in [2.45, 2.75) is 46.1 Å². The highest BCUT2D eigenvalue weighted by molar-refractivity contribution is 5.79. The Hall–Kier alpha value is -4.06. The average Bonchev–Trinajstić information content (AvgIpc) is 3.28. The first-order valence-corrected chi connectivity index (χ1v) is 13.3. The van der Waals surface area contributed by atoms with Gasteiger partial charge in [0.25, 0.3) is 0 Å². The molecule has 0 spiro atoms. The number of methoxy groups -OCH3 is 1. The van der Waals surface area contributed by atoms with Crippen molar-refractivity contribution in [1.29, 1.82) is 0 Å². The smallest absolute Gasteiger partial charge is 0.224 e. The lowest BCUT2D eigenvalue weighted by molar-refractivity contribution is -0.120. The van der Waals surface area contributed by atoms with E-state index in [0.717, 1.165) is 70.9 Å². The van der Waals surface area contributed by atoms with E-state index in [1.54, 1.807) is 7.11 Å². The van der Waals surface area contributed by atoms with Gasteiger partial charge in [0.05, 0.1) is 31.2 Å². The largest absolute Gasteiger partial charge is 0.493 e. The minimum Gasteiger partial charge on any atom is -0.493 e. The van der Waals surface area contributed by atoms with Crippen molar-refractivity contribution < 1.29 is 14.3 Å². The molecular weight excluding hydrogens is 474 g/mol. The second-order valence-electron chi connectivity index (χ2n) is 9.34. The fourth-order valence-corrected chi connectivity index (χ4v) is 4.59. The fourth-order valence-electron chi connectivity index (χ4n) is 4.59. The lowest BCUT2D eigenvalue weighted by Crippen LogP contribution is -2.26. The number of carbonyl (C=O) groups excluding carboxylic acids is 1. The molecule has 0 saturated carbocycles. The Labute approximate surface area is 225 Å². The Morgan fingerprint density at radius 1 is 1.03 bits per heavy atom. The molecule has 198 valence electrons. The summed E-state index contributed by atoms with van der Waals surface area (Å²) in [6, 6.07) is 22.2. The third-order valence-corrected chi connectivity index (χ3v) is 6.58. The van der Waals surface area contributed by atoms with Gasteiger partial charge in [-0.3, -0.25) is 4.79 Å². The van der Waals surface area contributed by atoms with E-state index in [2.05, 4.69) is 16.0 Å². The fraction of sp³-hybridized carbons (Fsp3) is 0.312. The van der Waals surface area contributed by atoms with Crippen LogP contribution in [0, 0.1) is 6.92 Å². The summed E-state index contributed by atoms with van der Waals surface area (Å²) >= 11 is 0. The van der Waals surface area contributed by atoms with E-state index in [1.807, 2.05) is 86.7 Å². The standard InChI is InChI=1S/C32H37N3O3/c1-4-11-25-17-18-29(30(22-25)37-3)38-21-10-20-35-28-15-8-7-14-27(28)34-31(35)16-9-19-33-32(36)23-26-13-6-5-12-24(26)2/h4-8,11-15,17-18,22H,9-10,16,19-21,23H2,1-3H3,(H,33,36)/b11-4+. The topological polar surface area (TPSA) is 65.4 Å². The van der Waals surface area contributed by atoms with E-state index in [0.29, 0.717) is 19.6 Å². The number of imidazole rings is 1. The first-order chi connectivity index (χ1) is 18.6. The number of benzene rings is 3. The van der Waals surface area contributed by atoms with Gasteiger partial charge in [-0.25, -0.2) is 4.98 Å². The molecule has 1 amide bonds. The summed E-state index contributed by atoms with van der Waals surface area (Å²) in [4.78, 5) is 17.3. The van der Waals surface area contributed by atoms with Crippen LogP contribution in [0.2, 0.25) is 0 Å². The number of aromatic nitrogens is 2. The Balaban J connectivity index is 1.31. The summed E-state index contributed by atoms with van der Waals surface area (Å²) in [7, 11) is 1.66. The Kier molecular flexibility index (Phi) is 9.57. The molecule has 0 radical (unpaired) electrons. The summed E-state index contributed by atoms with van der Waals surface area (Å²) in [5.74, 6) is 2.57. The van der Waals surface area contributed by atoms with Crippen molar-refractivity contribution in [2.24, 2.45) is 0 Å². The third kappa shape index (κ3) is 7.03. The van der Waals surface area contributed by atoms with Crippen LogP contribution in [0.25, 0.3) is 17.1 Å². The van der Waals surface area contributed by atoms with E-state index in [1.165, 1.54) is 0 Å². The molecule has 4 rings (SSSR count). The maximum atomic E-state index is 12.4. The molecule has 38 heavy (non-hydrogen) atoms. The van der Waals surface area contributed by atoms with Crippen molar-refractivity contribution in [1.82, 2.24) is 14.9 Å². The van der Waals surface area contributed by atoms with Gasteiger partial charge in [0.2, 0.25) is 5.91 Å². The molecule has 1 aromatic heterocycles. The number of para-hydroxylation sites is 2. The highest BCUT2D eigenvalue weighted by Crippen LogP contribution is 2.29.